The number of carbonyl (C=O) groups excluding carboxylic acids is 1. The van der Waals surface area contributed by atoms with Crippen molar-refractivity contribution in [2.75, 3.05) is 7.11 Å². The zero-order chi connectivity index (χ0) is 23.0. The van der Waals surface area contributed by atoms with Gasteiger partial charge in [0.1, 0.15) is 0 Å². The van der Waals surface area contributed by atoms with Gasteiger partial charge >= 0.3 is 5.97 Å². The molecule has 31 heavy (non-hydrogen) atoms. The van der Waals surface area contributed by atoms with E-state index in [1.165, 1.54) is 7.11 Å². The van der Waals surface area contributed by atoms with Crippen LogP contribution in [0.5, 0.6) is 0 Å². The van der Waals surface area contributed by atoms with Gasteiger partial charge in [0.2, 0.25) is 0 Å². The van der Waals surface area contributed by atoms with Gasteiger partial charge in [-0.1, -0.05) is 81.7 Å². The van der Waals surface area contributed by atoms with Crippen LogP contribution in [0.2, 0.25) is 0 Å². The van der Waals surface area contributed by atoms with Crippen molar-refractivity contribution in [3.05, 3.63) is 42.0 Å². The highest BCUT2D eigenvalue weighted by Gasteiger charge is 2.25. The number of hydrogen-bond donors (Lipinski definition) is 0. The maximum atomic E-state index is 13.2. The molecule has 0 aliphatic carbocycles. The number of ether oxygens (including phenoxy) is 1. The van der Waals surface area contributed by atoms with E-state index < -0.39 is 9.84 Å². The molecule has 4 nitrogen and oxygen atoms in total. The number of benzene rings is 1. The van der Waals surface area contributed by atoms with Crippen LogP contribution in [0.1, 0.15) is 96.0 Å². The van der Waals surface area contributed by atoms with E-state index in [0.717, 1.165) is 76.2 Å². The van der Waals surface area contributed by atoms with Crippen molar-refractivity contribution in [2.24, 2.45) is 0 Å². The Morgan fingerprint density at radius 1 is 0.935 bits per heavy atom. The Kier molecular flexibility index (Phi) is 14.2. The van der Waals surface area contributed by atoms with Gasteiger partial charge in [-0.05, 0) is 51.2 Å². The van der Waals surface area contributed by atoms with E-state index in [-0.39, 0.29) is 11.2 Å². The van der Waals surface area contributed by atoms with Gasteiger partial charge in [-0.15, -0.1) is 0 Å². The Morgan fingerprint density at radius 3 is 2.26 bits per heavy atom. The van der Waals surface area contributed by atoms with Gasteiger partial charge in [-0.25, -0.2) is 8.42 Å². The van der Waals surface area contributed by atoms with Gasteiger partial charge < -0.3 is 4.74 Å². The van der Waals surface area contributed by atoms with Crippen LogP contribution in [-0.4, -0.2) is 26.7 Å². The summed E-state index contributed by atoms with van der Waals surface area (Å²) in [6, 6.07) is 7.24. The van der Waals surface area contributed by atoms with E-state index in [4.69, 9.17) is 0 Å². The predicted molar refractivity (Wildman–Crippen MR) is 129 cm³/mol. The average Bonchev–Trinajstić information content (AvgIpc) is 2.76. The van der Waals surface area contributed by atoms with Gasteiger partial charge in [0.15, 0.2) is 9.84 Å². The first-order valence-electron chi connectivity index (χ1n) is 11.9. The van der Waals surface area contributed by atoms with Crippen LogP contribution >= 0.6 is 0 Å². The molecule has 0 amide bonds. The zero-order valence-electron chi connectivity index (χ0n) is 19.8. The number of aryl methyl sites for hydroxylation is 1. The third kappa shape index (κ3) is 11.5. The first kappa shape index (κ1) is 27.4. The molecule has 1 rings (SSSR count). The van der Waals surface area contributed by atoms with Gasteiger partial charge in [-0.2, -0.15) is 0 Å². The molecule has 0 aliphatic heterocycles. The quantitative estimate of drug-likeness (QED) is 0.146. The molecule has 1 aromatic carbocycles. The summed E-state index contributed by atoms with van der Waals surface area (Å²) < 4.78 is 31.0. The fourth-order valence-corrected chi connectivity index (χ4v) is 5.39. The molecule has 0 saturated heterocycles. The lowest BCUT2D eigenvalue weighted by molar-refractivity contribution is -0.140. The van der Waals surface area contributed by atoms with E-state index in [0.29, 0.717) is 17.7 Å². The molecular formula is C26H42O4S. The lowest BCUT2D eigenvalue weighted by atomic mass is 10.1. The number of rotatable bonds is 17. The Bertz CT molecular complexity index is 735. The lowest BCUT2D eigenvalue weighted by Crippen LogP contribution is -2.21. The maximum Gasteiger partial charge on any atom is 0.305 e. The molecule has 176 valence electrons. The lowest BCUT2D eigenvalue weighted by Gasteiger charge is -2.16. The molecule has 0 bridgehead atoms. The van der Waals surface area contributed by atoms with E-state index >= 15 is 0 Å². The van der Waals surface area contributed by atoms with Crippen molar-refractivity contribution in [3.63, 3.8) is 0 Å². The molecule has 5 heteroatoms. The minimum atomic E-state index is -3.31. The van der Waals surface area contributed by atoms with Crippen molar-refractivity contribution in [1.29, 1.82) is 0 Å². The summed E-state index contributed by atoms with van der Waals surface area (Å²) >= 11 is 0. The normalized spacial score (nSPS) is 12.9. The average molecular weight is 451 g/mol. The SMILES string of the molecule is CCCCCCC(C/C=C\CCCCCCCC(=O)OC)S(=O)(=O)c1ccc(C)cc1. The highest BCUT2D eigenvalue weighted by molar-refractivity contribution is 7.92. The molecule has 1 atom stereocenters. The van der Waals surface area contributed by atoms with Crippen LogP contribution in [0.3, 0.4) is 0 Å². The van der Waals surface area contributed by atoms with Gasteiger partial charge in [0.25, 0.3) is 0 Å². The van der Waals surface area contributed by atoms with E-state index in [1.54, 1.807) is 12.1 Å². The molecule has 0 fully saturated rings. The summed E-state index contributed by atoms with van der Waals surface area (Å²) in [5.74, 6) is -0.132. The first-order valence-corrected chi connectivity index (χ1v) is 13.5. The van der Waals surface area contributed by atoms with Crippen molar-refractivity contribution < 1.29 is 17.9 Å². The van der Waals surface area contributed by atoms with Crippen molar-refractivity contribution in [1.82, 2.24) is 0 Å². The molecule has 0 radical (unpaired) electrons. The van der Waals surface area contributed by atoms with Crippen LogP contribution in [0, 0.1) is 6.92 Å². The third-order valence-corrected chi connectivity index (χ3v) is 7.95. The van der Waals surface area contributed by atoms with Crippen molar-refractivity contribution >= 4 is 15.8 Å². The molecular weight excluding hydrogens is 408 g/mol. The Labute approximate surface area is 190 Å². The van der Waals surface area contributed by atoms with Crippen molar-refractivity contribution in [3.8, 4) is 0 Å². The molecule has 1 aromatic rings. The fourth-order valence-electron chi connectivity index (χ4n) is 3.65. The van der Waals surface area contributed by atoms with Crippen LogP contribution in [-0.2, 0) is 19.4 Å². The predicted octanol–water partition coefficient (Wildman–Crippen LogP) is 6.96. The summed E-state index contributed by atoms with van der Waals surface area (Å²) in [5.41, 5.74) is 1.07. The zero-order valence-corrected chi connectivity index (χ0v) is 20.6. The first-order chi connectivity index (χ1) is 14.9. The van der Waals surface area contributed by atoms with Crippen LogP contribution in [0.15, 0.2) is 41.3 Å². The molecule has 0 aliphatic rings. The number of methoxy groups -OCH3 is 1. The molecule has 0 aromatic heterocycles. The Balaban J connectivity index is 2.47. The van der Waals surface area contributed by atoms with Gasteiger partial charge in [0.05, 0.1) is 17.3 Å². The Hall–Kier alpha value is -1.62. The number of carbonyl (C=O) groups is 1. The number of hydrogen-bond acceptors (Lipinski definition) is 4. The summed E-state index contributed by atoms with van der Waals surface area (Å²) in [5, 5.41) is -0.346. The minimum Gasteiger partial charge on any atom is -0.469 e. The summed E-state index contributed by atoms with van der Waals surface area (Å²) in [4.78, 5) is 11.5. The summed E-state index contributed by atoms with van der Waals surface area (Å²) in [6.45, 7) is 4.14. The third-order valence-electron chi connectivity index (χ3n) is 5.71. The van der Waals surface area contributed by atoms with E-state index in [1.807, 2.05) is 19.1 Å². The topological polar surface area (TPSA) is 60.4 Å². The molecule has 0 saturated carbocycles. The second-order valence-electron chi connectivity index (χ2n) is 8.42. The van der Waals surface area contributed by atoms with E-state index in [9.17, 15) is 13.2 Å². The number of allylic oxidation sites excluding steroid dienone is 2. The van der Waals surface area contributed by atoms with Gasteiger partial charge in [-0.3, -0.25) is 4.79 Å². The second kappa shape index (κ2) is 16.1. The molecule has 0 N–H and O–H groups in total. The number of esters is 1. The largest absolute Gasteiger partial charge is 0.469 e. The van der Waals surface area contributed by atoms with Crippen LogP contribution in [0.4, 0.5) is 0 Å². The highest BCUT2D eigenvalue weighted by Crippen LogP contribution is 2.24. The van der Waals surface area contributed by atoms with E-state index in [2.05, 4.69) is 23.8 Å². The number of unbranched alkanes of at least 4 members (excludes halogenated alkanes) is 8. The summed E-state index contributed by atoms with van der Waals surface area (Å²) in [7, 11) is -1.88. The summed E-state index contributed by atoms with van der Waals surface area (Å²) in [6.07, 6.45) is 16.6. The standard InChI is InChI=1S/C26H42O4S/c1-4-5-6-13-16-24(31(28,29)25-21-19-23(2)20-22-25)17-14-11-9-7-8-10-12-15-18-26(27)30-3/h11,14,19-22,24H,4-10,12-13,15-18H2,1-3H3/b14-11-. The minimum absolute atomic E-state index is 0.132. The molecule has 1 unspecified atom stereocenters. The van der Waals surface area contributed by atoms with Gasteiger partial charge in [0, 0.05) is 6.42 Å². The maximum absolute atomic E-state index is 13.2. The highest BCUT2D eigenvalue weighted by atomic mass is 32.2. The van der Waals surface area contributed by atoms with Crippen molar-refractivity contribution in [2.45, 2.75) is 107 Å². The molecule has 0 spiro atoms. The molecule has 0 heterocycles. The second-order valence-corrected chi connectivity index (χ2v) is 10.6. The smallest absolute Gasteiger partial charge is 0.305 e. The monoisotopic (exact) mass is 450 g/mol. The fraction of sp³-hybridized carbons (Fsp3) is 0.654. The van der Waals surface area contributed by atoms with Crippen LogP contribution in [0.25, 0.3) is 0 Å². The number of sulfone groups is 1. The van der Waals surface area contributed by atoms with Crippen LogP contribution < -0.4 is 0 Å². The Morgan fingerprint density at radius 2 is 1.58 bits per heavy atom.